The number of carbonyl (C=O) groups excluding carboxylic acids is 1. The largest absolute Gasteiger partial charge is 1.00 e. The van der Waals surface area contributed by atoms with Crippen molar-refractivity contribution >= 4 is 28.6 Å². The van der Waals surface area contributed by atoms with E-state index >= 15 is 0 Å². The third-order valence-electron chi connectivity index (χ3n) is 4.15. The van der Waals surface area contributed by atoms with Gasteiger partial charge < -0.3 is 24.9 Å². The molecule has 128 valence electrons. The van der Waals surface area contributed by atoms with Crippen LogP contribution in [0.3, 0.4) is 0 Å². The van der Waals surface area contributed by atoms with Crippen LogP contribution in [0, 0.1) is 0 Å². The number of ether oxygens (including phenoxy) is 1. The second kappa shape index (κ2) is 8.81. The van der Waals surface area contributed by atoms with Crippen molar-refractivity contribution in [2.75, 3.05) is 0 Å². The molecule has 0 spiro atoms. The average Bonchev–Trinajstić information content (AvgIpc) is 3.23. The summed E-state index contributed by atoms with van der Waals surface area (Å²) < 4.78 is 5.74. The van der Waals surface area contributed by atoms with Crippen molar-refractivity contribution < 1.29 is 54.4 Å². The van der Waals surface area contributed by atoms with Crippen LogP contribution in [0.25, 0.3) is 0 Å². The Kier molecular flexibility index (Phi) is 7.28. The standard InChI is InChI=1S/C17H18O5S2.Na/c18-14-1-4-17(21,16(19)20)13(7-11-2-5-23-9-11)15(14)22-8-12-3-6-24-10-12;/h2-3,5-6,9-10,14,18,21H,1,4,7-8H2,(H,19,20);/q;+1/p-1/t14-,17+;/m0./s1. The quantitative estimate of drug-likeness (QED) is 0.586. The maximum absolute atomic E-state index is 11.6. The molecule has 0 unspecified atom stereocenters. The Bertz CT molecular complexity index is 726. The molecule has 25 heavy (non-hydrogen) atoms. The summed E-state index contributed by atoms with van der Waals surface area (Å²) in [6.07, 6.45) is -0.723. The smallest absolute Gasteiger partial charge is 0.547 e. The molecular weight excluding hydrogens is 371 g/mol. The predicted octanol–water partition coefficient (Wildman–Crippen LogP) is -1.54. The molecule has 0 fully saturated rings. The first kappa shape index (κ1) is 20.6. The van der Waals surface area contributed by atoms with Gasteiger partial charge in [-0.05, 0) is 57.6 Å². The van der Waals surface area contributed by atoms with Crippen molar-refractivity contribution in [1.82, 2.24) is 0 Å². The molecular formula is C17H17NaO5S2. The summed E-state index contributed by atoms with van der Waals surface area (Å²) in [6, 6.07) is 3.74. The van der Waals surface area contributed by atoms with Gasteiger partial charge in [-0.1, -0.05) is 0 Å². The zero-order chi connectivity index (χ0) is 17.2. The fourth-order valence-corrected chi connectivity index (χ4v) is 4.13. The number of aliphatic hydroxyl groups is 2. The van der Waals surface area contributed by atoms with Crippen LogP contribution in [-0.4, -0.2) is 27.9 Å². The van der Waals surface area contributed by atoms with Crippen LogP contribution >= 0.6 is 22.7 Å². The molecule has 2 aromatic rings. The van der Waals surface area contributed by atoms with Crippen molar-refractivity contribution in [1.29, 1.82) is 0 Å². The summed E-state index contributed by atoms with van der Waals surface area (Å²) in [7, 11) is 0. The minimum Gasteiger partial charge on any atom is -0.547 e. The van der Waals surface area contributed by atoms with Crippen molar-refractivity contribution in [3.05, 3.63) is 56.1 Å². The molecule has 0 amide bonds. The van der Waals surface area contributed by atoms with E-state index in [4.69, 9.17) is 4.74 Å². The first-order chi connectivity index (χ1) is 11.5. The molecule has 0 aliphatic heterocycles. The molecule has 2 N–H and O–H groups in total. The number of hydrogen-bond donors (Lipinski definition) is 2. The third kappa shape index (κ3) is 4.54. The normalized spacial score (nSPS) is 23.2. The zero-order valence-electron chi connectivity index (χ0n) is 13.8. The number of rotatable bonds is 6. The van der Waals surface area contributed by atoms with Crippen molar-refractivity contribution in [2.45, 2.75) is 37.6 Å². The number of thiophene rings is 2. The molecule has 0 saturated carbocycles. The zero-order valence-corrected chi connectivity index (χ0v) is 17.4. The van der Waals surface area contributed by atoms with Gasteiger partial charge in [0, 0.05) is 12.0 Å². The molecule has 3 rings (SSSR count). The average molecular weight is 388 g/mol. The molecule has 5 nitrogen and oxygen atoms in total. The topological polar surface area (TPSA) is 89.8 Å². The minimum atomic E-state index is -2.12. The van der Waals surface area contributed by atoms with Crippen molar-refractivity contribution in [3.63, 3.8) is 0 Å². The van der Waals surface area contributed by atoms with Gasteiger partial charge in [-0.3, -0.25) is 0 Å². The summed E-state index contributed by atoms with van der Waals surface area (Å²) in [6.45, 7) is 0.214. The first-order valence-electron chi connectivity index (χ1n) is 7.51. The van der Waals surface area contributed by atoms with Gasteiger partial charge >= 0.3 is 29.6 Å². The Balaban J connectivity index is 0.00000225. The Morgan fingerprint density at radius 3 is 2.48 bits per heavy atom. The van der Waals surface area contributed by atoms with Crippen LogP contribution < -0.4 is 34.7 Å². The van der Waals surface area contributed by atoms with Gasteiger partial charge in [0.15, 0.2) is 0 Å². The number of aliphatic hydroxyl groups excluding tert-OH is 1. The Hall–Kier alpha value is -0.670. The fraction of sp³-hybridized carbons (Fsp3) is 0.353. The number of carboxylic acids is 1. The Morgan fingerprint density at radius 2 is 1.92 bits per heavy atom. The predicted molar refractivity (Wildman–Crippen MR) is 89.4 cm³/mol. The van der Waals surface area contributed by atoms with Crippen LogP contribution in [0.5, 0.6) is 0 Å². The SMILES string of the molecule is O=C([O-])[C@@]1(O)CC[C@H](O)C(OCc2ccsc2)=C1Cc1ccsc1.[Na+]. The summed E-state index contributed by atoms with van der Waals surface area (Å²) in [5.74, 6) is -1.42. The van der Waals surface area contributed by atoms with E-state index in [-0.39, 0.29) is 66.8 Å². The molecule has 2 aromatic heterocycles. The maximum Gasteiger partial charge on any atom is 1.00 e. The number of carboxylic acid groups (broad SMARTS) is 1. The van der Waals surface area contributed by atoms with Crippen LogP contribution in [-0.2, 0) is 22.6 Å². The van der Waals surface area contributed by atoms with E-state index in [0.29, 0.717) is 0 Å². The van der Waals surface area contributed by atoms with Gasteiger partial charge in [0.1, 0.15) is 24.1 Å². The second-order valence-electron chi connectivity index (χ2n) is 5.77. The van der Waals surface area contributed by atoms with Gasteiger partial charge in [0.2, 0.25) is 0 Å². The van der Waals surface area contributed by atoms with E-state index < -0.39 is 17.7 Å². The molecule has 0 aromatic carbocycles. The first-order valence-corrected chi connectivity index (χ1v) is 9.39. The fourth-order valence-electron chi connectivity index (χ4n) is 2.81. The Morgan fingerprint density at radius 1 is 1.28 bits per heavy atom. The second-order valence-corrected chi connectivity index (χ2v) is 7.33. The van der Waals surface area contributed by atoms with Crippen LogP contribution in [0.2, 0.25) is 0 Å². The van der Waals surface area contributed by atoms with E-state index in [0.717, 1.165) is 11.1 Å². The van der Waals surface area contributed by atoms with Gasteiger partial charge in [-0.2, -0.15) is 22.7 Å². The Labute approximate surface area is 175 Å². The molecule has 2 atom stereocenters. The van der Waals surface area contributed by atoms with Crippen LogP contribution in [0.15, 0.2) is 45.0 Å². The van der Waals surface area contributed by atoms with Gasteiger partial charge in [-0.25, -0.2) is 0 Å². The van der Waals surface area contributed by atoms with E-state index in [1.807, 2.05) is 33.7 Å². The molecule has 1 aliphatic rings. The molecule has 0 bridgehead atoms. The van der Waals surface area contributed by atoms with E-state index in [2.05, 4.69) is 0 Å². The summed E-state index contributed by atoms with van der Waals surface area (Å²) in [5, 5.41) is 40.1. The summed E-state index contributed by atoms with van der Waals surface area (Å²) >= 11 is 3.01. The monoisotopic (exact) mass is 388 g/mol. The number of carbonyl (C=O) groups is 1. The van der Waals surface area contributed by atoms with Gasteiger partial charge in [0.25, 0.3) is 0 Å². The maximum atomic E-state index is 11.6. The van der Waals surface area contributed by atoms with Crippen molar-refractivity contribution in [3.8, 4) is 0 Å². The third-order valence-corrected chi connectivity index (χ3v) is 5.62. The van der Waals surface area contributed by atoms with E-state index in [9.17, 15) is 20.1 Å². The minimum absolute atomic E-state index is 0. The van der Waals surface area contributed by atoms with Crippen LogP contribution in [0.4, 0.5) is 0 Å². The summed E-state index contributed by atoms with van der Waals surface area (Å²) in [5.41, 5.74) is -0.155. The molecule has 0 saturated heterocycles. The van der Waals surface area contributed by atoms with Crippen LogP contribution in [0.1, 0.15) is 24.0 Å². The molecule has 2 heterocycles. The summed E-state index contributed by atoms with van der Waals surface area (Å²) in [4.78, 5) is 11.6. The van der Waals surface area contributed by atoms with Gasteiger partial charge in [-0.15, -0.1) is 0 Å². The molecule has 1 aliphatic carbocycles. The molecule has 8 heteroatoms. The number of hydrogen-bond acceptors (Lipinski definition) is 7. The number of aliphatic carboxylic acids is 1. The molecule has 0 radical (unpaired) electrons. The van der Waals surface area contributed by atoms with E-state index in [1.165, 1.54) is 22.7 Å². The van der Waals surface area contributed by atoms with Gasteiger partial charge in [0.05, 0.1) is 5.97 Å². The van der Waals surface area contributed by atoms with Crippen molar-refractivity contribution in [2.24, 2.45) is 0 Å². The van der Waals surface area contributed by atoms with E-state index in [1.54, 1.807) is 0 Å².